The highest BCUT2D eigenvalue weighted by Gasteiger charge is 2.10. The molecule has 86 valence electrons. The monoisotopic (exact) mass is 239 g/mol. The fraction of sp³-hybridized carbons (Fsp3) is 0.300. The van der Waals surface area contributed by atoms with Crippen molar-refractivity contribution in [2.75, 3.05) is 11.9 Å². The number of nitrogens with one attached hydrogen (secondary N) is 2. The second-order valence-corrected chi connectivity index (χ2v) is 4.22. The summed E-state index contributed by atoms with van der Waals surface area (Å²) in [6, 6.07) is 0. The molecule has 0 aliphatic heterocycles. The standard InChI is InChI=1S/C10H13N3O2S/c1-6(2)4-11-9(15)8-5-16-10(13-8)12-7(3)14/h5H,1,4H2,2-3H3,(H,11,15)(H,12,13,14). The van der Waals surface area contributed by atoms with Crippen molar-refractivity contribution in [1.29, 1.82) is 0 Å². The number of nitrogens with zero attached hydrogens (tertiary/aromatic N) is 1. The number of thiazole rings is 1. The summed E-state index contributed by atoms with van der Waals surface area (Å²) in [4.78, 5) is 26.3. The normalized spacial score (nSPS) is 9.62. The van der Waals surface area contributed by atoms with E-state index in [9.17, 15) is 9.59 Å². The maximum absolute atomic E-state index is 11.5. The fourth-order valence-electron chi connectivity index (χ4n) is 0.908. The molecule has 0 spiro atoms. The Hall–Kier alpha value is -1.69. The summed E-state index contributed by atoms with van der Waals surface area (Å²) < 4.78 is 0. The Bertz CT molecular complexity index is 425. The number of aromatic nitrogens is 1. The van der Waals surface area contributed by atoms with Crippen LogP contribution in [0.3, 0.4) is 0 Å². The summed E-state index contributed by atoms with van der Waals surface area (Å²) in [6.07, 6.45) is 0. The second-order valence-electron chi connectivity index (χ2n) is 3.36. The lowest BCUT2D eigenvalue weighted by Crippen LogP contribution is -2.25. The van der Waals surface area contributed by atoms with Crippen molar-refractivity contribution in [2.24, 2.45) is 0 Å². The van der Waals surface area contributed by atoms with Crippen LogP contribution in [-0.2, 0) is 4.79 Å². The summed E-state index contributed by atoms with van der Waals surface area (Å²) in [5, 5.41) is 7.19. The van der Waals surface area contributed by atoms with Gasteiger partial charge in [0.15, 0.2) is 5.13 Å². The van der Waals surface area contributed by atoms with Gasteiger partial charge >= 0.3 is 0 Å². The van der Waals surface area contributed by atoms with Crippen molar-refractivity contribution < 1.29 is 9.59 Å². The molecule has 0 radical (unpaired) electrons. The molecule has 0 atom stereocenters. The lowest BCUT2D eigenvalue weighted by Gasteiger charge is -2.01. The Morgan fingerprint density at radius 3 is 2.75 bits per heavy atom. The summed E-state index contributed by atoms with van der Waals surface area (Å²) in [5.41, 5.74) is 1.17. The van der Waals surface area contributed by atoms with Gasteiger partial charge in [0.2, 0.25) is 5.91 Å². The van der Waals surface area contributed by atoms with E-state index >= 15 is 0 Å². The third-order valence-electron chi connectivity index (χ3n) is 1.57. The van der Waals surface area contributed by atoms with Crippen molar-refractivity contribution in [3.05, 3.63) is 23.2 Å². The van der Waals surface area contributed by atoms with E-state index in [-0.39, 0.29) is 11.8 Å². The molecule has 1 rings (SSSR count). The quantitative estimate of drug-likeness (QED) is 0.780. The average molecular weight is 239 g/mol. The maximum Gasteiger partial charge on any atom is 0.271 e. The first kappa shape index (κ1) is 12.4. The molecular weight excluding hydrogens is 226 g/mol. The van der Waals surface area contributed by atoms with Gasteiger partial charge in [-0.05, 0) is 6.92 Å². The summed E-state index contributed by atoms with van der Waals surface area (Å²) in [7, 11) is 0. The van der Waals surface area contributed by atoms with E-state index in [0.717, 1.165) is 5.57 Å². The van der Waals surface area contributed by atoms with Gasteiger partial charge in [0.1, 0.15) is 5.69 Å². The van der Waals surface area contributed by atoms with E-state index in [1.807, 2.05) is 6.92 Å². The number of rotatable bonds is 4. The second kappa shape index (κ2) is 5.41. The van der Waals surface area contributed by atoms with E-state index < -0.39 is 0 Å². The molecule has 5 nitrogen and oxygen atoms in total. The van der Waals surface area contributed by atoms with Crippen LogP contribution in [0.25, 0.3) is 0 Å². The number of carbonyl (C=O) groups is 2. The molecule has 0 fully saturated rings. The van der Waals surface area contributed by atoms with Crippen molar-refractivity contribution >= 4 is 28.3 Å². The average Bonchev–Trinajstić information content (AvgIpc) is 2.61. The van der Waals surface area contributed by atoms with Crippen LogP contribution in [0, 0.1) is 0 Å². The molecular formula is C10H13N3O2S. The van der Waals surface area contributed by atoms with Gasteiger partial charge in [-0.1, -0.05) is 12.2 Å². The number of hydrogen-bond donors (Lipinski definition) is 2. The van der Waals surface area contributed by atoms with Gasteiger partial charge in [-0.3, -0.25) is 9.59 Å². The fourth-order valence-corrected chi connectivity index (χ4v) is 1.64. The Balaban J connectivity index is 2.59. The van der Waals surface area contributed by atoms with E-state index in [0.29, 0.717) is 17.4 Å². The molecule has 2 amide bonds. The van der Waals surface area contributed by atoms with Gasteiger partial charge in [0.05, 0.1) is 0 Å². The minimum atomic E-state index is -0.268. The Labute approximate surface area is 97.6 Å². The maximum atomic E-state index is 11.5. The van der Waals surface area contributed by atoms with E-state index in [1.54, 1.807) is 5.38 Å². The van der Waals surface area contributed by atoms with Crippen LogP contribution >= 0.6 is 11.3 Å². The van der Waals surface area contributed by atoms with Gasteiger partial charge in [-0.15, -0.1) is 11.3 Å². The minimum Gasteiger partial charge on any atom is -0.347 e. The molecule has 0 aliphatic rings. The Kier molecular flexibility index (Phi) is 4.19. The molecule has 0 unspecified atom stereocenters. The van der Waals surface area contributed by atoms with Crippen LogP contribution < -0.4 is 10.6 Å². The van der Waals surface area contributed by atoms with Gasteiger partial charge in [0, 0.05) is 18.8 Å². The molecule has 6 heteroatoms. The highest BCUT2D eigenvalue weighted by atomic mass is 32.1. The first-order valence-corrected chi connectivity index (χ1v) is 5.52. The molecule has 2 N–H and O–H groups in total. The molecule has 1 aromatic heterocycles. The lowest BCUT2D eigenvalue weighted by molar-refractivity contribution is -0.114. The molecule has 16 heavy (non-hydrogen) atoms. The SMILES string of the molecule is C=C(C)CNC(=O)c1csc(NC(C)=O)n1. The molecule has 0 saturated carbocycles. The topological polar surface area (TPSA) is 71.1 Å². The molecule has 0 saturated heterocycles. The Morgan fingerprint density at radius 2 is 2.19 bits per heavy atom. The molecule has 0 aromatic carbocycles. The number of anilines is 1. The van der Waals surface area contributed by atoms with Gasteiger partial charge in [-0.25, -0.2) is 4.98 Å². The largest absolute Gasteiger partial charge is 0.347 e. The first-order valence-electron chi connectivity index (χ1n) is 4.64. The van der Waals surface area contributed by atoms with Crippen molar-refractivity contribution in [3.8, 4) is 0 Å². The zero-order valence-electron chi connectivity index (χ0n) is 9.16. The number of hydrogen-bond acceptors (Lipinski definition) is 4. The zero-order valence-corrected chi connectivity index (χ0v) is 9.98. The third-order valence-corrected chi connectivity index (χ3v) is 2.33. The van der Waals surface area contributed by atoms with Crippen LogP contribution in [0.4, 0.5) is 5.13 Å². The van der Waals surface area contributed by atoms with Crippen LogP contribution in [0.2, 0.25) is 0 Å². The van der Waals surface area contributed by atoms with Gasteiger partial charge in [0.25, 0.3) is 5.91 Å². The molecule has 1 heterocycles. The van der Waals surface area contributed by atoms with Crippen molar-refractivity contribution in [2.45, 2.75) is 13.8 Å². The first-order chi connectivity index (χ1) is 7.49. The highest BCUT2D eigenvalue weighted by Crippen LogP contribution is 2.14. The van der Waals surface area contributed by atoms with Crippen LogP contribution in [0.15, 0.2) is 17.5 Å². The van der Waals surface area contributed by atoms with Crippen LogP contribution in [-0.4, -0.2) is 23.3 Å². The van der Waals surface area contributed by atoms with Crippen LogP contribution in [0.1, 0.15) is 24.3 Å². The molecule has 1 aromatic rings. The lowest BCUT2D eigenvalue weighted by atomic mass is 10.3. The summed E-state index contributed by atoms with van der Waals surface area (Å²) in [6.45, 7) is 7.31. The molecule has 0 bridgehead atoms. The predicted octanol–water partition coefficient (Wildman–Crippen LogP) is 1.41. The molecule has 0 aliphatic carbocycles. The van der Waals surface area contributed by atoms with E-state index in [1.165, 1.54) is 18.3 Å². The smallest absolute Gasteiger partial charge is 0.271 e. The van der Waals surface area contributed by atoms with E-state index in [4.69, 9.17) is 0 Å². The van der Waals surface area contributed by atoms with Crippen LogP contribution in [0.5, 0.6) is 0 Å². The predicted molar refractivity (Wildman–Crippen MR) is 63.6 cm³/mol. The summed E-state index contributed by atoms with van der Waals surface area (Å²) >= 11 is 1.21. The summed E-state index contributed by atoms with van der Waals surface area (Å²) in [5.74, 6) is -0.473. The van der Waals surface area contributed by atoms with Gasteiger partial charge in [-0.2, -0.15) is 0 Å². The zero-order chi connectivity index (χ0) is 12.1. The van der Waals surface area contributed by atoms with Gasteiger partial charge < -0.3 is 10.6 Å². The third kappa shape index (κ3) is 3.82. The number of amides is 2. The highest BCUT2D eigenvalue weighted by molar-refractivity contribution is 7.14. The van der Waals surface area contributed by atoms with E-state index in [2.05, 4.69) is 22.2 Å². The minimum absolute atomic E-state index is 0.205. The van der Waals surface area contributed by atoms with Crippen molar-refractivity contribution in [3.63, 3.8) is 0 Å². The number of carbonyl (C=O) groups excluding carboxylic acids is 2. The Morgan fingerprint density at radius 1 is 1.50 bits per heavy atom. The van der Waals surface area contributed by atoms with Crippen molar-refractivity contribution in [1.82, 2.24) is 10.3 Å².